The van der Waals surface area contributed by atoms with Crippen LogP contribution in [0.1, 0.15) is 36.6 Å². The quantitative estimate of drug-likeness (QED) is 0.930. The molecule has 1 saturated carbocycles. The molecule has 2 N–H and O–H groups in total. The number of nitrogens with zero attached hydrogens (tertiary/aromatic N) is 2. The van der Waals surface area contributed by atoms with Crippen LogP contribution in [-0.2, 0) is 0 Å². The largest absolute Gasteiger partial charge is 0.496 e. The first-order valence-corrected chi connectivity index (χ1v) is 6.91. The highest BCUT2D eigenvalue weighted by molar-refractivity contribution is 5.64. The second-order valence-electron chi connectivity index (χ2n) is 5.43. The summed E-state index contributed by atoms with van der Waals surface area (Å²) in [5.74, 6) is 2.33. The average Bonchev–Trinajstić information content (AvgIpc) is 3.07. The molecular weight excluding hydrogens is 254 g/mol. The number of benzene rings is 1. The molecule has 1 aliphatic rings. The molecule has 0 bridgehead atoms. The van der Waals surface area contributed by atoms with Crippen molar-refractivity contribution < 1.29 is 9.26 Å². The maximum absolute atomic E-state index is 5.93. The van der Waals surface area contributed by atoms with Crippen molar-refractivity contribution in [1.29, 1.82) is 0 Å². The predicted octanol–water partition coefficient (Wildman–Crippen LogP) is 2.65. The molecule has 1 aliphatic carbocycles. The molecule has 2 aromatic rings. The Kier molecular flexibility index (Phi) is 3.44. The minimum absolute atomic E-state index is 0.254. The summed E-state index contributed by atoms with van der Waals surface area (Å²) in [5, 5.41) is 4.09. The molecule has 0 unspecified atom stereocenters. The smallest absolute Gasteiger partial charge is 0.230 e. The van der Waals surface area contributed by atoms with Crippen molar-refractivity contribution >= 4 is 0 Å². The van der Waals surface area contributed by atoms with Gasteiger partial charge in [0.2, 0.25) is 11.7 Å². The molecule has 3 rings (SSSR count). The molecule has 1 heterocycles. The van der Waals surface area contributed by atoms with E-state index in [0.29, 0.717) is 17.6 Å². The van der Waals surface area contributed by atoms with E-state index in [0.717, 1.165) is 36.1 Å². The Morgan fingerprint density at radius 1 is 1.35 bits per heavy atom. The summed E-state index contributed by atoms with van der Waals surface area (Å²) in [6, 6.07) is 6.20. The standard InChI is InChI=1S/C15H19N3O2/c1-9-3-6-12(13(7-9)19-2)14-17-15(20-18-14)10-4-5-11(16)8-10/h3,6-7,10-11H,4-5,8,16H2,1-2H3/t10-,11+/m1/s1. The molecule has 5 nitrogen and oxygen atoms in total. The fourth-order valence-electron chi connectivity index (χ4n) is 2.73. The first-order chi connectivity index (χ1) is 9.67. The van der Waals surface area contributed by atoms with Gasteiger partial charge in [0.05, 0.1) is 12.7 Å². The summed E-state index contributed by atoms with van der Waals surface area (Å²) in [6.07, 6.45) is 2.97. The van der Waals surface area contributed by atoms with Crippen molar-refractivity contribution in [3.8, 4) is 17.1 Å². The minimum atomic E-state index is 0.254. The van der Waals surface area contributed by atoms with Gasteiger partial charge < -0.3 is 15.0 Å². The SMILES string of the molecule is COc1cc(C)ccc1-c1noc([C@@H]2CC[C@H](N)C2)n1. The molecule has 0 radical (unpaired) electrons. The van der Waals surface area contributed by atoms with E-state index in [1.54, 1.807) is 7.11 Å². The Balaban J connectivity index is 1.90. The molecule has 0 saturated heterocycles. The summed E-state index contributed by atoms with van der Waals surface area (Å²) in [6.45, 7) is 2.02. The van der Waals surface area contributed by atoms with Crippen LogP contribution in [0.3, 0.4) is 0 Å². The molecule has 1 aromatic carbocycles. The van der Waals surface area contributed by atoms with Gasteiger partial charge in [-0.1, -0.05) is 11.2 Å². The van der Waals surface area contributed by atoms with Crippen molar-refractivity contribution in [2.45, 2.75) is 38.1 Å². The second kappa shape index (κ2) is 5.25. The van der Waals surface area contributed by atoms with Crippen LogP contribution in [-0.4, -0.2) is 23.3 Å². The molecular formula is C15H19N3O2. The summed E-state index contributed by atoms with van der Waals surface area (Å²) < 4.78 is 10.8. The highest BCUT2D eigenvalue weighted by atomic mass is 16.5. The summed E-state index contributed by atoms with van der Waals surface area (Å²) in [4.78, 5) is 4.52. The molecule has 0 spiro atoms. The maximum Gasteiger partial charge on any atom is 0.230 e. The summed E-state index contributed by atoms with van der Waals surface area (Å²) in [5.41, 5.74) is 7.92. The minimum Gasteiger partial charge on any atom is -0.496 e. The molecule has 20 heavy (non-hydrogen) atoms. The lowest BCUT2D eigenvalue weighted by Crippen LogP contribution is -2.14. The van der Waals surface area contributed by atoms with Crippen molar-refractivity contribution in [2.75, 3.05) is 7.11 Å². The van der Waals surface area contributed by atoms with Gasteiger partial charge in [-0.2, -0.15) is 4.98 Å². The lowest BCUT2D eigenvalue weighted by molar-refractivity contribution is 0.353. The average molecular weight is 273 g/mol. The van der Waals surface area contributed by atoms with Crippen LogP contribution in [0.4, 0.5) is 0 Å². The number of aryl methyl sites for hydroxylation is 1. The van der Waals surface area contributed by atoms with Gasteiger partial charge in [0.15, 0.2) is 0 Å². The normalized spacial score (nSPS) is 22.1. The monoisotopic (exact) mass is 273 g/mol. The van der Waals surface area contributed by atoms with Gasteiger partial charge in [-0.05, 0) is 43.9 Å². The Hall–Kier alpha value is -1.88. The van der Waals surface area contributed by atoms with Gasteiger partial charge in [0.1, 0.15) is 5.75 Å². The van der Waals surface area contributed by atoms with Crippen LogP contribution in [0.15, 0.2) is 22.7 Å². The number of nitrogens with two attached hydrogens (primary N) is 1. The fourth-order valence-corrected chi connectivity index (χ4v) is 2.73. The first kappa shape index (κ1) is 13.1. The van der Waals surface area contributed by atoms with Gasteiger partial charge in [0, 0.05) is 12.0 Å². The van der Waals surface area contributed by atoms with E-state index in [2.05, 4.69) is 10.1 Å². The van der Waals surface area contributed by atoms with Gasteiger partial charge in [-0.25, -0.2) is 0 Å². The van der Waals surface area contributed by atoms with Crippen molar-refractivity contribution in [2.24, 2.45) is 5.73 Å². The number of ether oxygens (including phenoxy) is 1. The Morgan fingerprint density at radius 3 is 2.90 bits per heavy atom. The zero-order valence-electron chi connectivity index (χ0n) is 11.8. The predicted molar refractivity (Wildman–Crippen MR) is 75.6 cm³/mol. The van der Waals surface area contributed by atoms with Crippen molar-refractivity contribution in [3.05, 3.63) is 29.7 Å². The lowest BCUT2D eigenvalue weighted by atomic mass is 10.1. The highest BCUT2D eigenvalue weighted by Crippen LogP contribution is 2.35. The molecule has 0 aliphatic heterocycles. The molecule has 5 heteroatoms. The van der Waals surface area contributed by atoms with Crippen LogP contribution in [0.2, 0.25) is 0 Å². The molecule has 1 fully saturated rings. The maximum atomic E-state index is 5.93. The van der Waals surface area contributed by atoms with E-state index in [4.69, 9.17) is 15.0 Å². The molecule has 1 aromatic heterocycles. The van der Waals surface area contributed by atoms with E-state index in [1.807, 2.05) is 25.1 Å². The van der Waals surface area contributed by atoms with Crippen molar-refractivity contribution in [3.63, 3.8) is 0 Å². The number of rotatable bonds is 3. The van der Waals surface area contributed by atoms with E-state index >= 15 is 0 Å². The van der Waals surface area contributed by atoms with Crippen LogP contribution >= 0.6 is 0 Å². The van der Waals surface area contributed by atoms with E-state index in [1.165, 1.54) is 0 Å². The number of aromatic nitrogens is 2. The Labute approximate surface area is 118 Å². The van der Waals surface area contributed by atoms with Gasteiger partial charge in [0.25, 0.3) is 0 Å². The van der Waals surface area contributed by atoms with Gasteiger partial charge in [-0.3, -0.25) is 0 Å². The van der Waals surface area contributed by atoms with E-state index in [-0.39, 0.29) is 6.04 Å². The zero-order valence-corrected chi connectivity index (χ0v) is 11.8. The van der Waals surface area contributed by atoms with Gasteiger partial charge in [-0.15, -0.1) is 0 Å². The third-order valence-electron chi connectivity index (χ3n) is 3.86. The number of methoxy groups -OCH3 is 1. The van der Waals surface area contributed by atoms with E-state index < -0.39 is 0 Å². The van der Waals surface area contributed by atoms with Crippen molar-refractivity contribution in [1.82, 2.24) is 10.1 Å². The fraction of sp³-hybridized carbons (Fsp3) is 0.467. The van der Waals surface area contributed by atoms with Gasteiger partial charge >= 0.3 is 0 Å². The third-order valence-corrected chi connectivity index (χ3v) is 3.86. The number of hydrogen-bond acceptors (Lipinski definition) is 5. The topological polar surface area (TPSA) is 74.2 Å². The number of hydrogen-bond donors (Lipinski definition) is 1. The Morgan fingerprint density at radius 2 is 2.20 bits per heavy atom. The Bertz CT molecular complexity index is 609. The molecule has 106 valence electrons. The lowest BCUT2D eigenvalue weighted by Gasteiger charge is -2.05. The van der Waals surface area contributed by atoms with E-state index in [9.17, 15) is 0 Å². The highest BCUT2D eigenvalue weighted by Gasteiger charge is 2.28. The zero-order chi connectivity index (χ0) is 14.1. The third kappa shape index (κ3) is 2.41. The summed E-state index contributed by atoms with van der Waals surface area (Å²) in [7, 11) is 1.65. The van der Waals surface area contributed by atoms with Crippen LogP contribution in [0.25, 0.3) is 11.4 Å². The summed E-state index contributed by atoms with van der Waals surface area (Å²) >= 11 is 0. The van der Waals surface area contributed by atoms with Crippen LogP contribution in [0, 0.1) is 6.92 Å². The van der Waals surface area contributed by atoms with Crippen LogP contribution in [0.5, 0.6) is 5.75 Å². The van der Waals surface area contributed by atoms with Crippen LogP contribution < -0.4 is 10.5 Å². The molecule has 0 amide bonds. The first-order valence-electron chi connectivity index (χ1n) is 6.91. The molecule has 2 atom stereocenters. The second-order valence-corrected chi connectivity index (χ2v) is 5.43.